The first kappa shape index (κ1) is 17.3. The van der Waals surface area contributed by atoms with Gasteiger partial charge in [0, 0.05) is 11.8 Å². The van der Waals surface area contributed by atoms with Crippen LogP contribution in [0.5, 0.6) is 0 Å². The number of anilines is 1. The van der Waals surface area contributed by atoms with Crippen LogP contribution in [-0.2, 0) is 6.18 Å². The molecule has 2 rings (SSSR count). The van der Waals surface area contributed by atoms with Crippen molar-refractivity contribution in [2.24, 2.45) is 0 Å². The maximum Gasteiger partial charge on any atom is 0.416 e. The highest BCUT2D eigenvalue weighted by Crippen LogP contribution is 2.29. The maximum atomic E-state index is 12.4. The van der Waals surface area contributed by atoms with E-state index in [0.717, 1.165) is 12.1 Å². The van der Waals surface area contributed by atoms with Crippen LogP contribution >= 0.6 is 11.6 Å². The number of carbonyl (C=O) groups excluding carboxylic acids is 1. The number of H-pyrrole nitrogens is 1. The topological polar surface area (TPSA) is 43.2 Å². The van der Waals surface area contributed by atoms with E-state index in [0.29, 0.717) is 10.7 Å². The Hall–Kier alpha value is -1.79. The Labute approximate surface area is 129 Å². The van der Waals surface area contributed by atoms with Crippen molar-refractivity contribution in [2.45, 2.75) is 6.18 Å². The third-order valence-electron chi connectivity index (χ3n) is 2.51. The third kappa shape index (κ3) is 4.61. The predicted octanol–water partition coefficient (Wildman–Crippen LogP) is 0.429. The van der Waals surface area contributed by atoms with Crippen molar-refractivity contribution in [3.05, 3.63) is 58.9 Å². The van der Waals surface area contributed by atoms with Crippen molar-refractivity contribution in [3.63, 3.8) is 0 Å². The molecule has 0 atom stereocenters. The summed E-state index contributed by atoms with van der Waals surface area (Å²) in [6.45, 7) is 0. The molecule has 0 radical (unpaired) electrons. The molecule has 112 valence electrons. The Bertz CT molecular complexity index is 613. The van der Waals surface area contributed by atoms with Crippen LogP contribution in [0.25, 0.3) is 0 Å². The minimum Gasteiger partial charge on any atom is -1.00 e. The lowest BCUT2D eigenvalue weighted by Gasteiger charge is -2.08. The number of pyridine rings is 1. The Morgan fingerprint density at radius 1 is 1.10 bits per heavy atom. The lowest BCUT2D eigenvalue weighted by molar-refractivity contribution is -0.375. The first-order valence-electron chi connectivity index (χ1n) is 5.52. The van der Waals surface area contributed by atoms with Gasteiger partial charge < -0.3 is 17.7 Å². The molecule has 2 N–H and O–H groups in total. The number of hydrogen-bond acceptors (Lipinski definition) is 1. The van der Waals surface area contributed by atoms with Crippen LogP contribution in [-0.4, -0.2) is 5.91 Å². The molecule has 0 saturated carbocycles. The second-order valence-corrected chi connectivity index (χ2v) is 4.36. The number of rotatable bonds is 2. The highest BCUT2D eigenvalue weighted by molar-refractivity contribution is 6.28. The largest absolute Gasteiger partial charge is 1.00 e. The molecule has 21 heavy (non-hydrogen) atoms. The van der Waals surface area contributed by atoms with Crippen LogP contribution in [0.15, 0.2) is 42.6 Å². The lowest BCUT2D eigenvalue weighted by Crippen LogP contribution is -3.00. The predicted molar refractivity (Wildman–Crippen MR) is 67.4 cm³/mol. The van der Waals surface area contributed by atoms with E-state index < -0.39 is 17.6 Å². The fourth-order valence-electron chi connectivity index (χ4n) is 1.49. The lowest BCUT2D eigenvalue weighted by atomic mass is 10.2. The van der Waals surface area contributed by atoms with Crippen molar-refractivity contribution in [2.75, 3.05) is 5.32 Å². The van der Waals surface area contributed by atoms with E-state index in [2.05, 4.69) is 10.3 Å². The van der Waals surface area contributed by atoms with Gasteiger partial charge in [0.1, 0.15) is 5.56 Å². The Morgan fingerprint density at radius 3 is 2.19 bits per heavy atom. The molecule has 1 amide bonds. The molecule has 8 heteroatoms. The van der Waals surface area contributed by atoms with Crippen molar-refractivity contribution in [1.82, 2.24) is 0 Å². The smallest absolute Gasteiger partial charge is 0.416 e. The van der Waals surface area contributed by atoms with Gasteiger partial charge in [0.15, 0.2) is 6.20 Å². The van der Waals surface area contributed by atoms with Gasteiger partial charge in [-0.2, -0.15) is 13.2 Å². The zero-order valence-corrected chi connectivity index (χ0v) is 11.9. The summed E-state index contributed by atoms with van der Waals surface area (Å²) in [7, 11) is 0. The fourth-order valence-corrected chi connectivity index (χ4v) is 1.61. The summed E-state index contributed by atoms with van der Waals surface area (Å²) >= 11 is 5.64. The number of carbonyl (C=O) groups is 1. The third-order valence-corrected chi connectivity index (χ3v) is 2.74. The van der Waals surface area contributed by atoms with Gasteiger partial charge in [-0.05, 0) is 41.9 Å². The van der Waals surface area contributed by atoms with E-state index in [1.165, 1.54) is 30.5 Å². The molecule has 0 aliphatic carbocycles. The van der Waals surface area contributed by atoms with Crippen LogP contribution in [0.4, 0.5) is 18.9 Å². The Kier molecular flexibility index (Phi) is 5.57. The molecule has 0 saturated heterocycles. The van der Waals surface area contributed by atoms with Crippen LogP contribution in [0, 0.1) is 0 Å². The van der Waals surface area contributed by atoms with Gasteiger partial charge in [0.05, 0.1) is 5.56 Å². The molecule has 1 heterocycles. The summed E-state index contributed by atoms with van der Waals surface area (Å²) in [4.78, 5) is 14.5. The number of alkyl halides is 3. The van der Waals surface area contributed by atoms with E-state index in [1.54, 1.807) is 0 Å². The van der Waals surface area contributed by atoms with Crippen molar-refractivity contribution in [1.29, 1.82) is 0 Å². The molecule has 0 bridgehead atoms. The molecule has 3 nitrogen and oxygen atoms in total. The first-order chi connectivity index (χ1) is 9.36. The number of hydrogen-bond donors (Lipinski definition) is 1. The molecule has 1 aromatic carbocycles. The van der Waals surface area contributed by atoms with Gasteiger partial charge in [-0.25, -0.2) is 4.98 Å². The van der Waals surface area contributed by atoms with Gasteiger partial charge in [-0.1, -0.05) is 0 Å². The van der Waals surface area contributed by atoms with Crippen LogP contribution in [0.1, 0.15) is 15.9 Å². The van der Waals surface area contributed by atoms with Crippen molar-refractivity contribution >= 4 is 23.2 Å². The van der Waals surface area contributed by atoms with E-state index in [-0.39, 0.29) is 18.1 Å². The second-order valence-electron chi connectivity index (χ2n) is 3.95. The van der Waals surface area contributed by atoms with Crippen LogP contribution in [0.2, 0.25) is 5.15 Å². The zero-order valence-electron chi connectivity index (χ0n) is 10.3. The molecule has 2 aromatic rings. The summed E-state index contributed by atoms with van der Waals surface area (Å²) in [6.07, 6.45) is -2.99. The summed E-state index contributed by atoms with van der Waals surface area (Å²) < 4.78 is 37.1. The molecule has 0 fully saturated rings. The molecular formula is C13H9Cl2F3N2O. The van der Waals surface area contributed by atoms with Gasteiger partial charge >= 0.3 is 6.18 Å². The Balaban J connectivity index is 0.00000220. The molecule has 0 aliphatic rings. The highest BCUT2D eigenvalue weighted by atomic mass is 35.5. The van der Waals surface area contributed by atoms with E-state index in [9.17, 15) is 18.0 Å². The number of halogens is 5. The molecular weight excluding hydrogens is 328 g/mol. The SMILES string of the molecule is O=C(Nc1ccc(C(F)(F)F)cc1)c1ccc(Cl)[nH+]c1.[Cl-]. The standard InChI is InChI=1S/C13H8ClF3N2O.ClH/c14-11-6-1-8(7-18-11)12(20)19-10-4-2-9(3-5-10)13(15,16)17;/h1-7H,(H,19,20);1H. The van der Waals surface area contributed by atoms with Crippen molar-refractivity contribution < 1.29 is 35.4 Å². The van der Waals surface area contributed by atoms with Gasteiger partial charge in [-0.15, -0.1) is 0 Å². The zero-order chi connectivity index (χ0) is 14.8. The molecule has 0 unspecified atom stereocenters. The number of aromatic nitrogens is 1. The first-order valence-corrected chi connectivity index (χ1v) is 5.90. The number of benzene rings is 1. The molecule has 0 aliphatic heterocycles. The summed E-state index contributed by atoms with van der Waals surface area (Å²) in [5.41, 5.74) is -0.178. The summed E-state index contributed by atoms with van der Waals surface area (Å²) in [5.74, 6) is -0.447. The van der Waals surface area contributed by atoms with Gasteiger partial charge in [0.25, 0.3) is 11.1 Å². The van der Waals surface area contributed by atoms with E-state index in [4.69, 9.17) is 11.6 Å². The van der Waals surface area contributed by atoms with E-state index >= 15 is 0 Å². The molecule has 0 spiro atoms. The minimum atomic E-state index is -4.40. The molecule has 1 aromatic heterocycles. The summed E-state index contributed by atoms with van der Waals surface area (Å²) in [6, 6.07) is 7.20. The average Bonchev–Trinajstić information content (AvgIpc) is 2.39. The maximum absolute atomic E-state index is 12.4. The Morgan fingerprint density at radius 2 is 1.71 bits per heavy atom. The average molecular weight is 337 g/mol. The number of nitrogens with one attached hydrogen (secondary N) is 2. The quantitative estimate of drug-likeness (QED) is 0.794. The number of amides is 1. The monoisotopic (exact) mass is 336 g/mol. The number of aromatic amines is 1. The normalized spacial score (nSPS) is 10.7. The van der Waals surface area contributed by atoms with Crippen molar-refractivity contribution in [3.8, 4) is 0 Å². The van der Waals surface area contributed by atoms with Crippen LogP contribution < -0.4 is 22.7 Å². The van der Waals surface area contributed by atoms with E-state index in [1.807, 2.05) is 0 Å². The van der Waals surface area contributed by atoms with Gasteiger partial charge in [-0.3, -0.25) is 4.79 Å². The second kappa shape index (κ2) is 6.78. The minimum absolute atomic E-state index is 0. The fraction of sp³-hybridized carbons (Fsp3) is 0.0769. The highest BCUT2D eigenvalue weighted by Gasteiger charge is 2.30. The summed E-state index contributed by atoms with van der Waals surface area (Å²) in [5, 5.41) is 2.86. The van der Waals surface area contributed by atoms with Gasteiger partial charge in [0.2, 0.25) is 0 Å². The van der Waals surface area contributed by atoms with Crippen LogP contribution in [0.3, 0.4) is 0 Å².